The molecule has 0 radical (unpaired) electrons. The average molecular weight is 336 g/mol. The van der Waals surface area contributed by atoms with Crippen LogP contribution in [0.3, 0.4) is 0 Å². The van der Waals surface area contributed by atoms with Crippen LogP contribution in [0.5, 0.6) is 5.75 Å². The van der Waals surface area contributed by atoms with Gasteiger partial charge in [0.2, 0.25) is 5.91 Å². The minimum Gasteiger partial charge on any atom is -0.493 e. The van der Waals surface area contributed by atoms with Crippen LogP contribution in [0.25, 0.3) is 0 Å². The Labute approximate surface area is 148 Å². The Morgan fingerprint density at radius 3 is 2.88 bits per heavy atom. The van der Waals surface area contributed by atoms with Crippen molar-refractivity contribution in [3.63, 3.8) is 0 Å². The molecule has 2 aromatic rings. The normalized spacial score (nSPS) is 17.3. The SMILES string of the molecule is CC(C(=O)NCc1ccc2c(c1)CCO2)N1CCc2ccccc2C1. The standard InChI is InChI=1S/C21H24N2O2/c1-15(23-10-8-17-4-2-3-5-19(17)14-23)21(24)22-13-16-6-7-20-18(12-16)9-11-25-20/h2-7,12,15H,8-11,13-14H2,1H3,(H,22,24). The molecule has 2 aliphatic rings. The van der Waals surface area contributed by atoms with Crippen LogP contribution in [-0.2, 0) is 30.7 Å². The average Bonchev–Trinajstić information content (AvgIpc) is 3.13. The van der Waals surface area contributed by atoms with Crippen LogP contribution in [0.4, 0.5) is 0 Å². The van der Waals surface area contributed by atoms with Crippen molar-refractivity contribution < 1.29 is 9.53 Å². The zero-order valence-corrected chi connectivity index (χ0v) is 14.6. The van der Waals surface area contributed by atoms with E-state index in [-0.39, 0.29) is 11.9 Å². The zero-order valence-electron chi connectivity index (χ0n) is 14.6. The lowest BCUT2D eigenvalue weighted by Gasteiger charge is -2.32. The fourth-order valence-corrected chi connectivity index (χ4v) is 3.70. The first kappa shape index (κ1) is 16.2. The minimum atomic E-state index is -0.119. The minimum absolute atomic E-state index is 0.0936. The van der Waals surface area contributed by atoms with Crippen molar-refractivity contribution in [2.45, 2.75) is 38.9 Å². The Morgan fingerprint density at radius 1 is 1.16 bits per heavy atom. The highest BCUT2D eigenvalue weighted by molar-refractivity contribution is 5.81. The maximum atomic E-state index is 12.6. The van der Waals surface area contributed by atoms with Gasteiger partial charge in [-0.3, -0.25) is 9.69 Å². The molecule has 1 atom stereocenters. The highest BCUT2D eigenvalue weighted by Gasteiger charge is 2.25. The first-order valence-electron chi connectivity index (χ1n) is 9.04. The van der Waals surface area contributed by atoms with Crippen molar-refractivity contribution in [3.05, 3.63) is 64.7 Å². The van der Waals surface area contributed by atoms with Gasteiger partial charge in [-0.25, -0.2) is 0 Å². The van der Waals surface area contributed by atoms with Crippen LogP contribution in [0.2, 0.25) is 0 Å². The second-order valence-electron chi connectivity index (χ2n) is 6.92. The van der Waals surface area contributed by atoms with Crippen LogP contribution in [-0.4, -0.2) is 30.0 Å². The molecule has 0 saturated heterocycles. The molecule has 1 unspecified atom stereocenters. The van der Waals surface area contributed by atoms with E-state index in [2.05, 4.69) is 40.5 Å². The van der Waals surface area contributed by atoms with E-state index in [9.17, 15) is 4.79 Å². The summed E-state index contributed by atoms with van der Waals surface area (Å²) in [7, 11) is 0. The topological polar surface area (TPSA) is 41.6 Å². The maximum absolute atomic E-state index is 12.6. The molecule has 0 fully saturated rings. The second kappa shape index (κ2) is 6.89. The molecular weight excluding hydrogens is 312 g/mol. The van der Waals surface area contributed by atoms with Gasteiger partial charge in [0.25, 0.3) is 0 Å². The molecule has 4 nitrogen and oxygen atoms in total. The van der Waals surface area contributed by atoms with Gasteiger partial charge >= 0.3 is 0 Å². The number of amides is 1. The van der Waals surface area contributed by atoms with Crippen LogP contribution in [0.1, 0.15) is 29.2 Å². The molecule has 2 heterocycles. The van der Waals surface area contributed by atoms with Gasteiger partial charge in [-0.05, 0) is 41.7 Å². The molecule has 4 heteroatoms. The summed E-state index contributed by atoms with van der Waals surface area (Å²) in [5, 5.41) is 3.09. The molecule has 130 valence electrons. The molecule has 25 heavy (non-hydrogen) atoms. The maximum Gasteiger partial charge on any atom is 0.237 e. The van der Waals surface area contributed by atoms with Gasteiger partial charge in [-0.2, -0.15) is 0 Å². The van der Waals surface area contributed by atoms with E-state index in [1.165, 1.54) is 16.7 Å². The fraction of sp³-hybridized carbons (Fsp3) is 0.381. The third-order valence-corrected chi connectivity index (χ3v) is 5.31. The molecule has 0 bridgehead atoms. The predicted molar refractivity (Wildman–Crippen MR) is 97.5 cm³/mol. The quantitative estimate of drug-likeness (QED) is 0.933. The summed E-state index contributed by atoms with van der Waals surface area (Å²) in [4.78, 5) is 14.8. The van der Waals surface area contributed by atoms with Crippen LogP contribution in [0, 0.1) is 0 Å². The number of nitrogens with one attached hydrogen (secondary N) is 1. The van der Waals surface area contributed by atoms with Crippen molar-refractivity contribution in [1.29, 1.82) is 0 Å². The lowest BCUT2D eigenvalue weighted by molar-refractivity contribution is -0.126. The van der Waals surface area contributed by atoms with Gasteiger partial charge in [0.05, 0.1) is 12.6 Å². The summed E-state index contributed by atoms with van der Waals surface area (Å²) in [6.07, 6.45) is 1.97. The number of benzene rings is 2. The molecule has 0 aliphatic carbocycles. The van der Waals surface area contributed by atoms with Crippen molar-refractivity contribution in [1.82, 2.24) is 10.2 Å². The number of hydrogen-bond acceptors (Lipinski definition) is 3. The van der Waals surface area contributed by atoms with Gasteiger partial charge in [-0.1, -0.05) is 36.4 Å². The van der Waals surface area contributed by atoms with Gasteiger partial charge in [0.1, 0.15) is 5.75 Å². The number of hydrogen-bond donors (Lipinski definition) is 1. The summed E-state index contributed by atoms with van der Waals surface area (Å²) < 4.78 is 5.53. The monoisotopic (exact) mass is 336 g/mol. The van der Waals surface area contributed by atoms with E-state index < -0.39 is 0 Å². The molecular formula is C21H24N2O2. The van der Waals surface area contributed by atoms with E-state index in [1.807, 2.05) is 19.1 Å². The number of fused-ring (bicyclic) bond motifs is 2. The van der Waals surface area contributed by atoms with Crippen molar-refractivity contribution in [2.75, 3.05) is 13.2 Å². The lowest BCUT2D eigenvalue weighted by Crippen LogP contribution is -2.46. The van der Waals surface area contributed by atoms with E-state index in [4.69, 9.17) is 4.74 Å². The first-order valence-corrected chi connectivity index (χ1v) is 9.04. The number of carbonyl (C=O) groups excluding carboxylic acids is 1. The lowest BCUT2D eigenvalue weighted by atomic mass is 9.99. The van der Waals surface area contributed by atoms with Crippen LogP contribution < -0.4 is 10.1 Å². The third-order valence-electron chi connectivity index (χ3n) is 5.31. The van der Waals surface area contributed by atoms with E-state index in [0.29, 0.717) is 6.54 Å². The van der Waals surface area contributed by atoms with E-state index >= 15 is 0 Å². The summed E-state index contributed by atoms with van der Waals surface area (Å²) in [6.45, 7) is 5.11. The fourth-order valence-electron chi connectivity index (χ4n) is 3.70. The first-order chi connectivity index (χ1) is 12.2. The van der Waals surface area contributed by atoms with Crippen molar-refractivity contribution in [2.24, 2.45) is 0 Å². The number of rotatable bonds is 4. The van der Waals surface area contributed by atoms with E-state index in [1.54, 1.807) is 0 Å². The molecule has 2 aromatic carbocycles. The van der Waals surface area contributed by atoms with Gasteiger partial charge in [0.15, 0.2) is 0 Å². The second-order valence-corrected chi connectivity index (χ2v) is 6.92. The largest absolute Gasteiger partial charge is 0.493 e. The summed E-state index contributed by atoms with van der Waals surface area (Å²) >= 11 is 0. The summed E-state index contributed by atoms with van der Waals surface area (Å²) in [5.41, 5.74) is 5.12. The predicted octanol–water partition coefficient (Wildman–Crippen LogP) is 2.68. The number of ether oxygens (including phenoxy) is 1. The molecule has 1 amide bonds. The Morgan fingerprint density at radius 2 is 2.00 bits per heavy atom. The van der Waals surface area contributed by atoms with Crippen molar-refractivity contribution >= 4 is 5.91 Å². The molecule has 0 spiro atoms. The highest BCUT2D eigenvalue weighted by atomic mass is 16.5. The summed E-state index contributed by atoms with van der Waals surface area (Å²) in [6, 6.07) is 14.6. The smallest absolute Gasteiger partial charge is 0.237 e. The Bertz CT molecular complexity index is 787. The van der Waals surface area contributed by atoms with Crippen LogP contribution in [0.15, 0.2) is 42.5 Å². The van der Waals surface area contributed by atoms with Crippen LogP contribution >= 0.6 is 0 Å². The molecule has 2 aliphatic heterocycles. The zero-order chi connectivity index (χ0) is 17.2. The summed E-state index contributed by atoms with van der Waals surface area (Å²) in [5.74, 6) is 1.08. The third kappa shape index (κ3) is 3.40. The van der Waals surface area contributed by atoms with Gasteiger partial charge in [-0.15, -0.1) is 0 Å². The molecule has 0 saturated carbocycles. The molecule has 1 N–H and O–H groups in total. The number of nitrogens with zero attached hydrogens (tertiary/aromatic N) is 1. The highest BCUT2D eigenvalue weighted by Crippen LogP contribution is 2.26. The van der Waals surface area contributed by atoms with Crippen molar-refractivity contribution in [3.8, 4) is 5.75 Å². The molecule has 0 aromatic heterocycles. The Kier molecular flexibility index (Phi) is 4.45. The molecule has 4 rings (SSSR count). The van der Waals surface area contributed by atoms with Gasteiger partial charge < -0.3 is 10.1 Å². The Hall–Kier alpha value is -2.33. The van der Waals surface area contributed by atoms with Gasteiger partial charge in [0, 0.05) is 26.1 Å². The number of carbonyl (C=O) groups is 1. The van der Waals surface area contributed by atoms with E-state index in [0.717, 1.165) is 43.9 Å². The Balaban J connectivity index is 1.35.